The molecule has 0 spiro atoms. The van der Waals surface area contributed by atoms with Crippen LogP contribution in [0.5, 0.6) is 0 Å². The maximum atomic E-state index is 10.8. The highest BCUT2D eigenvalue weighted by Crippen LogP contribution is 2.19. The molecule has 1 saturated heterocycles. The van der Waals surface area contributed by atoms with E-state index in [0.29, 0.717) is 10.9 Å². The maximum absolute atomic E-state index is 10.8. The number of rotatable bonds is 6. The Labute approximate surface area is 118 Å². The molecule has 4 nitrogen and oxygen atoms in total. The fourth-order valence-electron chi connectivity index (χ4n) is 2.49. The van der Waals surface area contributed by atoms with Crippen LogP contribution in [0.4, 0.5) is 0 Å². The lowest BCUT2D eigenvalue weighted by Crippen LogP contribution is -2.30. The van der Waals surface area contributed by atoms with Crippen LogP contribution in [-0.2, 0) is 6.54 Å². The van der Waals surface area contributed by atoms with Crippen molar-refractivity contribution in [2.24, 2.45) is 5.92 Å². The number of carboxylic acid groups (broad SMARTS) is 1. The molecule has 1 aliphatic rings. The molecule has 1 atom stereocenters. The number of carbonyl (C=O) groups is 1. The second-order valence-electron chi connectivity index (χ2n) is 5.45. The van der Waals surface area contributed by atoms with E-state index in [1.807, 2.05) is 6.07 Å². The van der Waals surface area contributed by atoms with E-state index in [9.17, 15) is 4.79 Å². The lowest BCUT2D eigenvalue weighted by Gasteiger charge is -2.20. The summed E-state index contributed by atoms with van der Waals surface area (Å²) in [6, 6.07) is 4.22. The molecule has 0 aliphatic carbocycles. The van der Waals surface area contributed by atoms with Crippen LogP contribution >= 0.6 is 11.3 Å². The van der Waals surface area contributed by atoms with E-state index in [0.717, 1.165) is 23.9 Å². The number of nitrogens with one attached hydrogen (secondary N) is 1. The van der Waals surface area contributed by atoms with E-state index in [-0.39, 0.29) is 0 Å². The Morgan fingerprint density at radius 3 is 2.95 bits per heavy atom. The van der Waals surface area contributed by atoms with Crippen LogP contribution in [0.1, 0.15) is 34.8 Å². The zero-order valence-corrected chi connectivity index (χ0v) is 12.4. The quantitative estimate of drug-likeness (QED) is 0.840. The van der Waals surface area contributed by atoms with Crippen LogP contribution in [-0.4, -0.2) is 41.7 Å². The first-order valence-electron chi connectivity index (χ1n) is 6.83. The minimum atomic E-state index is -0.834. The van der Waals surface area contributed by atoms with Gasteiger partial charge in [-0.05, 0) is 51.4 Å². The summed E-state index contributed by atoms with van der Waals surface area (Å²) in [4.78, 5) is 14.8. The van der Waals surface area contributed by atoms with Crippen molar-refractivity contribution in [2.45, 2.75) is 32.9 Å². The molecule has 106 valence electrons. The van der Waals surface area contributed by atoms with E-state index in [1.54, 1.807) is 6.07 Å². The second kappa shape index (κ2) is 6.50. The summed E-state index contributed by atoms with van der Waals surface area (Å²) in [5, 5.41) is 12.3. The Morgan fingerprint density at radius 1 is 1.58 bits per heavy atom. The van der Waals surface area contributed by atoms with E-state index in [1.165, 1.54) is 30.8 Å². The molecular weight excluding hydrogens is 260 g/mol. The Hall–Kier alpha value is -0.910. The third-order valence-electron chi connectivity index (χ3n) is 3.65. The minimum Gasteiger partial charge on any atom is -0.477 e. The monoisotopic (exact) mass is 282 g/mol. The zero-order valence-electron chi connectivity index (χ0n) is 11.6. The Kier molecular flexibility index (Phi) is 4.96. The van der Waals surface area contributed by atoms with Crippen LogP contribution < -0.4 is 5.32 Å². The van der Waals surface area contributed by atoms with Gasteiger partial charge in [0.1, 0.15) is 4.88 Å². The number of thiophene rings is 1. The second-order valence-corrected chi connectivity index (χ2v) is 6.61. The van der Waals surface area contributed by atoms with Gasteiger partial charge in [-0.1, -0.05) is 0 Å². The number of carboxylic acids is 1. The van der Waals surface area contributed by atoms with Gasteiger partial charge in [0.05, 0.1) is 0 Å². The highest BCUT2D eigenvalue weighted by Gasteiger charge is 2.23. The molecule has 0 saturated carbocycles. The predicted octanol–water partition coefficient (Wildman–Crippen LogP) is 2.27. The van der Waals surface area contributed by atoms with E-state index >= 15 is 0 Å². The minimum absolute atomic E-state index is 0.420. The van der Waals surface area contributed by atoms with Crippen molar-refractivity contribution in [1.82, 2.24) is 10.2 Å². The van der Waals surface area contributed by atoms with Crippen molar-refractivity contribution in [3.8, 4) is 0 Å². The molecule has 2 N–H and O–H groups in total. The van der Waals surface area contributed by atoms with Crippen LogP contribution in [0.3, 0.4) is 0 Å². The van der Waals surface area contributed by atoms with Crippen molar-refractivity contribution in [3.05, 3.63) is 21.9 Å². The van der Waals surface area contributed by atoms with Crippen molar-refractivity contribution in [3.63, 3.8) is 0 Å². The number of aromatic carboxylic acids is 1. The van der Waals surface area contributed by atoms with Gasteiger partial charge in [-0.15, -0.1) is 11.3 Å². The van der Waals surface area contributed by atoms with Crippen molar-refractivity contribution >= 4 is 17.3 Å². The lowest BCUT2D eigenvalue weighted by molar-refractivity contribution is 0.0702. The molecule has 1 aliphatic heterocycles. The first kappa shape index (κ1) is 14.5. The predicted molar refractivity (Wildman–Crippen MR) is 77.8 cm³/mol. The molecule has 2 rings (SSSR count). The molecule has 0 radical (unpaired) electrons. The maximum Gasteiger partial charge on any atom is 0.345 e. The Morgan fingerprint density at radius 2 is 2.37 bits per heavy atom. The van der Waals surface area contributed by atoms with Gasteiger partial charge in [-0.25, -0.2) is 4.79 Å². The van der Waals surface area contributed by atoms with Gasteiger partial charge in [-0.3, -0.25) is 0 Å². The molecule has 1 fully saturated rings. The van der Waals surface area contributed by atoms with Crippen LogP contribution in [0.25, 0.3) is 0 Å². The van der Waals surface area contributed by atoms with Crippen LogP contribution in [0, 0.1) is 5.92 Å². The van der Waals surface area contributed by atoms with Gasteiger partial charge >= 0.3 is 5.97 Å². The smallest absolute Gasteiger partial charge is 0.345 e. The molecule has 1 aromatic rings. The van der Waals surface area contributed by atoms with Gasteiger partial charge in [0.25, 0.3) is 0 Å². The molecular formula is C14H22N2O2S. The summed E-state index contributed by atoms with van der Waals surface area (Å²) >= 11 is 1.36. The molecule has 0 amide bonds. The first-order valence-corrected chi connectivity index (χ1v) is 7.64. The molecule has 0 bridgehead atoms. The average molecular weight is 282 g/mol. The molecule has 5 heteroatoms. The summed E-state index contributed by atoms with van der Waals surface area (Å²) in [6.07, 6.45) is 1.26. The van der Waals surface area contributed by atoms with Gasteiger partial charge < -0.3 is 15.3 Å². The van der Waals surface area contributed by atoms with Gasteiger partial charge in [0.15, 0.2) is 0 Å². The van der Waals surface area contributed by atoms with Gasteiger partial charge in [0.2, 0.25) is 0 Å². The number of nitrogens with zero attached hydrogens (tertiary/aromatic N) is 1. The summed E-state index contributed by atoms with van der Waals surface area (Å²) in [5.74, 6) is -0.110. The summed E-state index contributed by atoms with van der Waals surface area (Å²) in [5.41, 5.74) is 0. The van der Waals surface area contributed by atoms with Crippen LogP contribution in [0.15, 0.2) is 12.1 Å². The molecule has 0 aromatic carbocycles. The largest absolute Gasteiger partial charge is 0.477 e. The molecule has 19 heavy (non-hydrogen) atoms. The van der Waals surface area contributed by atoms with Gasteiger partial charge in [-0.2, -0.15) is 0 Å². The number of hydrogen-bond donors (Lipinski definition) is 2. The standard InChI is InChI=1S/C14H22N2O2S/c1-10(2)16-6-5-11(9-16)7-15-8-12-3-4-13(19-12)14(17)18/h3-4,10-11,15H,5-9H2,1-2H3,(H,17,18). The van der Waals surface area contributed by atoms with E-state index in [4.69, 9.17) is 5.11 Å². The third-order valence-corrected chi connectivity index (χ3v) is 4.73. The molecule has 2 heterocycles. The van der Waals surface area contributed by atoms with Crippen molar-refractivity contribution < 1.29 is 9.90 Å². The SMILES string of the molecule is CC(C)N1CCC(CNCc2ccc(C(=O)O)s2)C1. The fraction of sp³-hybridized carbons (Fsp3) is 0.643. The normalized spacial score (nSPS) is 20.3. The highest BCUT2D eigenvalue weighted by atomic mass is 32.1. The summed E-state index contributed by atoms with van der Waals surface area (Å²) < 4.78 is 0. The lowest BCUT2D eigenvalue weighted by atomic mass is 10.1. The summed E-state index contributed by atoms with van der Waals surface area (Å²) in [6.45, 7) is 8.66. The van der Waals surface area contributed by atoms with Crippen LogP contribution in [0.2, 0.25) is 0 Å². The van der Waals surface area contributed by atoms with E-state index < -0.39 is 5.97 Å². The van der Waals surface area contributed by atoms with E-state index in [2.05, 4.69) is 24.1 Å². The Bertz CT molecular complexity index is 431. The van der Waals surface area contributed by atoms with Gasteiger partial charge in [0, 0.05) is 24.0 Å². The number of hydrogen-bond acceptors (Lipinski definition) is 4. The highest BCUT2D eigenvalue weighted by molar-refractivity contribution is 7.13. The summed E-state index contributed by atoms with van der Waals surface area (Å²) in [7, 11) is 0. The van der Waals surface area contributed by atoms with Crippen molar-refractivity contribution in [2.75, 3.05) is 19.6 Å². The third kappa shape index (κ3) is 4.03. The molecule has 1 unspecified atom stereocenters. The zero-order chi connectivity index (χ0) is 13.8. The number of likely N-dealkylation sites (tertiary alicyclic amines) is 1. The Balaban J connectivity index is 1.70. The topological polar surface area (TPSA) is 52.6 Å². The average Bonchev–Trinajstić information content (AvgIpc) is 2.97. The first-order chi connectivity index (χ1) is 9.06. The molecule has 1 aromatic heterocycles. The van der Waals surface area contributed by atoms with Crippen molar-refractivity contribution in [1.29, 1.82) is 0 Å². The fourth-order valence-corrected chi connectivity index (χ4v) is 3.30.